The molecule has 2 heterocycles. The smallest absolute Gasteiger partial charge is 0.271 e. The number of hydrazone groups is 1. The van der Waals surface area contributed by atoms with Crippen molar-refractivity contribution in [3.05, 3.63) is 52.2 Å². The van der Waals surface area contributed by atoms with E-state index in [2.05, 4.69) is 10.5 Å². The lowest BCUT2D eigenvalue weighted by molar-refractivity contribution is -0.117. The van der Waals surface area contributed by atoms with Crippen LogP contribution in [0.25, 0.3) is 0 Å². The third-order valence-electron chi connectivity index (χ3n) is 3.39. The maximum atomic E-state index is 12.1. The summed E-state index contributed by atoms with van der Waals surface area (Å²) in [5.74, 6) is -0.186. The fourth-order valence-electron chi connectivity index (χ4n) is 2.32. The summed E-state index contributed by atoms with van der Waals surface area (Å²) in [6, 6.07) is 10.9. The molecule has 0 bridgehead atoms. The summed E-state index contributed by atoms with van der Waals surface area (Å²) in [5, 5.41) is 5.88. The van der Waals surface area contributed by atoms with Crippen LogP contribution in [0, 0.1) is 0 Å². The molecule has 2 amide bonds. The molecule has 5 nitrogen and oxygen atoms in total. The molecule has 1 aromatic heterocycles. The molecule has 22 heavy (non-hydrogen) atoms. The van der Waals surface area contributed by atoms with E-state index in [1.165, 1.54) is 0 Å². The Hall–Kier alpha value is -2.47. The summed E-state index contributed by atoms with van der Waals surface area (Å²) in [7, 11) is 0. The summed E-state index contributed by atoms with van der Waals surface area (Å²) < 4.78 is 0. The van der Waals surface area contributed by atoms with Gasteiger partial charge in [-0.1, -0.05) is 12.1 Å². The molecule has 0 unspecified atom stereocenters. The van der Waals surface area contributed by atoms with Crippen LogP contribution >= 0.6 is 11.3 Å². The molecule has 2 aromatic rings. The first-order chi connectivity index (χ1) is 10.7. The van der Waals surface area contributed by atoms with Crippen molar-refractivity contribution < 1.29 is 9.59 Å². The molecule has 1 aliphatic rings. The maximum Gasteiger partial charge on any atom is 0.271 e. The average molecular weight is 313 g/mol. The molecule has 0 aliphatic carbocycles. The van der Waals surface area contributed by atoms with Crippen LogP contribution in [0.2, 0.25) is 0 Å². The van der Waals surface area contributed by atoms with Gasteiger partial charge in [0.15, 0.2) is 0 Å². The zero-order valence-electron chi connectivity index (χ0n) is 11.9. The van der Waals surface area contributed by atoms with Crippen LogP contribution in [-0.2, 0) is 4.79 Å². The van der Waals surface area contributed by atoms with Crippen LogP contribution in [-0.4, -0.2) is 24.6 Å². The highest BCUT2D eigenvalue weighted by atomic mass is 32.1. The number of carbonyl (C=O) groups is 2. The summed E-state index contributed by atoms with van der Waals surface area (Å²) in [5.41, 5.74) is 3.75. The molecule has 1 aromatic carbocycles. The van der Waals surface area contributed by atoms with Gasteiger partial charge in [-0.2, -0.15) is 5.10 Å². The number of nitrogens with one attached hydrogen (secondary N) is 1. The molecule has 1 saturated heterocycles. The number of thiophene rings is 1. The van der Waals surface area contributed by atoms with E-state index in [-0.39, 0.29) is 11.8 Å². The molecule has 6 heteroatoms. The van der Waals surface area contributed by atoms with E-state index >= 15 is 0 Å². The van der Waals surface area contributed by atoms with Gasteiger partial charge >= 0.3 is 0 Å². The Morgan fingerprint density at radius 1 is 1.32 bits per heavy atom. The molecule has 112 valence electrons. The van der Waals surface area contributed by atoms with Crippen molar-refractivity contribution in [1.82, 2.24) is 5.43 Å². The highest BCUT2D eigenvalue weighted by molar-refractivity contribution is 7.11. The van der Waals surface area contributed by atoms with Crippen molar-refractivity contribution in [3.8, 4) is 0 Å². The Morgan fingerprint density at radius 3 is 2.95 bits per heavy atom. The molecule has 1 aliphatic heterocycles. The van der Waals surface area contributed by atoms with Crippen molar-refractivity contribution in [2.24, 2.45) is 5.10 Å². The van der Waals surface area contributed by atoms with Gasteiger partial charge in [-0.25, -0.2) is 5.43 Å². The number of benzene rings is 1. The first-order valence-corrected chi connectivity index (χ1v) is 7.89. The molecule has 0 atom stereocenters. The van der Waals surface area contributed by atoms with Crippen molar-refractivity contribution in [2.75, 3.05) is 11.4 Å². The minimum atomic E-state index is -0.290. The first kappa shape index (κ1) is 14.5. The van der Waals surface area contributed by atoms with Gasteiger partial charge in [0.1, 0.15) is 0 Å². The third-order valence-corrected chi connectivity index (χ3v) is 4.20. The van der Waals surface area contributed by atoms with Crippen molar-refractivity contribution >= 4 is 35.1 Å². The Kier molecular flexibility index (Phi) is 4.29. The zero-order valence-corrected chi connectivity index (χ0v) is 12.7. The third kappa shape index (κ3) is 3.23. The fraction of sp³-hybridized carbons (Fsp3) is 0.188. The van der Waals surface area contributed by atoms with Crippen LogP contribution in [0.5, 0.6) is 0 Å². The normalized spacial score (nSPS) is 14.7. The van der Waals surface area contributed by atoms with E-state index in [0.29, 0.717) is 18.5 Å². The van der Waals surface area contributed by atoms with Crippen molar-refractivity contribution in [1.29, 1.82) is 0 Å². The Balaban J connectivity index is 1.69. The summed E-state index contributed by atoms with van der Waals surface area (Å²) >= 11 is 1.55. The van der Waals surface area contributed by atoms with E-state index < -0.39 is 0 Å². The minimum Gasteiger partial charge on any atom is -0.312 e. The number of nitrogens with zero attached hydrogens (tertiary/aromatic N) is 2. The van der Waals surface area contributed by atoms with E-state index in [4.69, 9.17) is 0 Å². The van der Waals surface area contributed by atoms with Crippen LogP contribution in [0.3, 0.4) is 0 Å². The van der Waals surface area contributed by atoms with Gasteiger partial charge in [-0.3, -0.25) is 9.59 Å². The summed E-state index contributed by atoms with van der Waals surface area (Å²) in [6.07, 6.45) is 3.04. The number of carbonyl (C=O) groups excluding carboxylic acids is 2. The minimum absolute atomic E-state index is 0.105. The number of hydrogen-bond donors (Lipinski definition) is 1. The van der Waals surface area contributed by atoms with Crippen LogP contribution < -0.4 is 10.3 Å². The van der Waals surface area contributed by atoms with Gasteiger partial charge in [-0.05, 0) is 36.1 Å². The first-order valence-electron chi connectivity index (χ1n) is 7.01. The highest BCUT2D eigenvalue weighted by Gasteiger charge is 2.22. The molecule has 0 radical (unpaired) electrons. The topological polar surface area (TPSA) is 61.8 Å². The fourth-order valence-corrected chi connectivity index (χ4v) is 2.90. The second-order valence-corrected chi connectivity index (χ2v) is 5.89. The second kappa shape index (κ2) is 6.53. The lowest BCUT2D eigenvalue weighted by Gasteiger charge is -2.16. The Bertz CT molecular complexity index is 710. The number of rotatable bonds is 4. The number of hydrogen-bond acceptors (Lipinski definition) is 4. The molecule has 1 fully saturated rings. The Labute approximate surface area is 132 Å². The lowest BCUT2D eigenvalue weighted by atomic mass is 10.2. The quantitative estimate of drug-likeness (QED) is 0.697. The standard InChI is InChI=1S/C16H15N3O2S/c20-15-7-2-8-19(15)13-5-1-4-12(10-13)16(21)18-17-11-14-6-3-9-22-14/h1,3-6,9-11H,2,7-8H2,(H,18,21)/b17-11+. The highest BCUT2D eigenvalue weighted by Crippen LogP contribution is 2.22. The molecular formula is C16H15N3O2S. The molecule has 3 rings (SSSR count). The van der Waals surface area contributed by atoms with Gasteiger partial charge in [0, 0.05) is 29.1 Å². The largest absolute Gasteiger partial charge is 0.312 e. The van der Waals surface area contributed by atoms with E-state index in [9.17, 15) is 9.59 Å². The van der Waals surface area contributed by atoms with Gasteiger partial charge in [-0.15, -0.1) is 11.3 Å². The number of anilines is 1. The van der Waals surface area contributed by atoms with Gasteiger partial charge in [0.25, 0.3) is 5.91 Å². The molecule has 1 N–H and O–H groups in total. The SMILES string of the molecule is O=C(N/N=C/c1cccs1)c1cccc(N2CCCC2=O)c1. The summed E-state index contributed by atoms with van der Waals surface area (Å²) in [6.45, 7) is 0.709. The van der Waals surface area contributed by atoms with Crippen molar-refractivity contribution in [2.45, 2.75) is 12.8 Å². The summed E-state index contributed by atoms with van der Waals surface area (Å²) in [4.78, 5) is 26.5. The maximum absolute atomic E-state index is 12.1. The molecule has 0 saturated carbocycles. The van der Waals surface area contributed by atoms with Gasteiger partial charge in [0.2, 0.25) is 5.91 Å². The van der Waals surface area contributed by atoms with Crippen LogP contribution in [0.1, 0.15) is 28.1 Å². The lowest BCUT2D eigenvalue weighted by Crippen LogP contribution is -2.24. The second-order valence-electron chi connectivity index (χ2n) is 4.91. The predicted octanol–water partition coefficient (Wildman–Crippen LogP) is 2.64. The monoisotopic (exact) mass is 313 g/mol. The molecular weight excluding hydrogens is 298 g/mol. The zero-order chi connectivity index (χ0) is 15.4. The van der Waals surface area contributed by atoms with Gasteiger partial charge < -0.3 is 4.90 Å². The average Bonchev–Trinajstić information content (AvgIpc) is 3.19. The van der Waals surface area contributed by atoms with E-state index in [0.717, 1.165) is 17.0 Å². The van der Waals surface area contributed by atoms with E-state index in [1.807, 2.05) is 23.6 Å². The number of amides is 2. The predicted molar refractivity (Wildman–Crippen MR) is 87.4 cm³/mol. The van der Waals surface area contributed by atoms with Crippen molar-refractivity contribution in [3.63, 3.8) is 0 Å². The molecule has 0 spiro atoms. The van der Waals surface area contributed by atoms with Crippen LogP contribution in [0.4, 0.5) is 5.69 Å². The Morgan fingerprint density at radius 2 is 2.23 bits per heavy atom. The van der Waals surface area contributed by atoms with Gasteiger partial charge in [0.05, 0.1) is 6.21 Å². The van der Waals surface area contributed by atoms with Crippen LogP contribution in [0.15, 0.2) is 46.9 Å². The van der Waals surface area contributed by atoms with E-state index in [1.54, 1.807) is 40.7 Å².